The lowest BCUT2D eigenvalue weighted by atomic mass is 9.96. The fourth-order valence-corrected chi connectivity index (χ4v) is 4.89. The van der Waals surface area contributed by atoms with Gasteiger partial charge in [0.2, 0.25) is 6.23 Å². The van der Waals surface area contributed by atoms with E-state index in [0.717, 1.165) is 53.3 Å². The number of rotatable bonds is 10. The minimum Gasteiger partial charge on any atom is -0.494 e. The van der Waals surface area contributed by atoms with E-state index in [4.69, 9.17) is 24.0 Å². The van der Waals surface area contributed by atoms with Gasteiger partial charge in [0, 0.05) is 23.1 Å². The molecule has 0 unspecified atom stereocenters. The van der Waals surface area contributed by atoms with Crippen molar-refractivity contribution in [1.29, 1.82) is 0 Å². The molecule has 2 heterocycles. The fraction of sp³-hybridized carbons (Fsp3) is 0.367. The van der Waals surface area contributed by atoms with Gasteiger partial charge in [-0.25, -0.2) is 5.01 Å². The molecule has 3 aromatic carbocycles. The zero-order valence-corrected chi connectivity index (χ0v) is 21.3. The van der Waals surface area contributed by atoms with Crippen LogP contribution in [0.5, 0.6) is 23.0 Å². The summed E-state index contributed by atoms with van der Waals surface area (Å²) in [6.45, 7) is 2.97. The zero-order chi connectivity index (χ0) is 24.9. The van der Waals surface area contributed by atoms with Crippen molar-refractivity contribution in [2.45, 2.75) is 51.3 Å². The number of hydrogen-bond acceptors (Lipinski definition) is 6. The van der Waals surface area contributed by atoms with Crippen LogP contribution < -0.4 is 18.9 Å². The molecule has 0 aromatic heterocycles. The van der Waals surface area contributed by atoms with E-state index in [1.54, 1.807) is 14.2 Å². The Hall–Kier alpha value is -3.67. The minimum atomic E-state index is -0.318. The maximum absolute atomic E-state index is 6.50. The first kappa shape index (κ1) is 24.0. The number of nitrogens with zero attached hydrogens (tertiary/aromatic N) is 2. The fourth-order valence-electron chi connectivity index (χ4n) is 4.89. The molecule has 5 rings (SSSR count). The number of para-hydroxylation sites is 1. The smallest absolute Gasteiger partial charge is 0.213 e. The Balaban J connectivity index is 1.40. The van der Waals surface area contributed by atoms with E-state index < -0.39 is 0 Å². The number of unbranched alkanes of at least 4 members (excludes halogenated alkanes) is 3. The third kappa shape index (κ3) is 4.85. The summed E-state index contributed by atoms with van der Waals surface area (Å²) >= 11 is 0. The van der Waals surface area contributed by atoms with Crippen LogP contribution >= 0.6 is 0 Å². The van der Waals surface area contributed by atoms with Gasteiger partial charge in [-0.2, -0.15) is 5.10 Å². The highest BCUT2D eigenvalue weighted by Crippen LogP contribution is 2.47. The second kappa shape index (κ2) is 10.9. The number of fused-ring (bicyclic) bond motifs is 3. The summed E-state index contributed by atoms with van der Waals surface area (Å²) in [5.41, 5.74) is 4.22. The maximum Gasteiger partial charge on any atom is 0.213 e. The molecule has 2 aliphatic rings. The van der Waals surface area contributed by atoms with Crippen LogP contribution in [0, 0.1) is 0 Å². The molecule has 0 spiro atoms. The van der Waals surface area contributed by atoms with Gasteiger partial charge < -0.3 is 18.9 Å². The van der Waals surface area contributed by atoms with E-state index in [1.807, 2.05) is 42.5 Å². The van der Waals surface area contributed by atoms with Crippen molar-refractivity contribution >= 4 is 5.71 Å². The van der Waals surface area contributed by atoms with Crippen molar-refractivity contribution in [3.63, 3.8) is 0 Å². The summed E-state index contributed by atoms with van der Waals surface area (Å²) in [4.78, 5) is 0. The van der Waals surface area contributed by atoms with Crippen molar-refractivity contribution in [1.82, 2.24) is 5.01 Å². The van der Waals surface area contributed by atoms with Crippen LogP contribution in [-0.4, -0.2) is 31.5 Å². The van der Waals surface area contributed by atoms with E-state index in [1.165, 1.54) is 19.3 Å². The SMILES string of the molecule is CCCCCCOc1ccc([C@@H]2Oc3ccccc3[C@@H]3CC(c4ccc(OC)c(OC)c4)=NN32)cc1. The Morgan fingerprint density at radius 3 is 2.50 bits per heavy atom. The number of ether oxygens (including phenoxy) is 4. The van der Waals surface area contributed by atoms with E-state index in [9.17, 15) is 0 Å². The van der Waals surface area contributed by atoms with Crippen LogP contribution in [0.15, 0.2) is 71.8 Å². The first-order chi connectivity index (χ1) is 17.7. The Bertz CT molecular complexity index is 1210. The number of methoxy groups -OCH3 is 2. The lowest BCUT2D eigenvalue weighted by molar-refractivity contribution is -0.0190. The topological polar surface area (TPSA) is 52.5 Å². The standard InChI is InChI=1S/C30H34N2O4/c1-4-5-6-9-18-35-23-15-12-21(13-16-23)30-32-26(24-10-7-8-11-27(24)36-30)20-25(31-32)22-14-17-28(33-2)29(19-22)34-3/h7-8,10-17,19,26,30H,4-6,9,18,20H2,1-3H3/t26-,30-/m0/s1. The van der Waals surface area contributed by atoms with Gasteiger partial charge in [0.05, 0.1) is 32.6 Å². The summed E-state index contributed by atoms with van der Waals surface area (Å²) < 4.78 is 23.4. The largest absolute Gasteiger partial charge is 0.494 e. The van der Waals surface area contributed by atoms with Crippen LogP contribution in [-0.2, 0) is 0 Å². The molecule has 3 aromatic rings. The van der Waals surface area contributed by atoms with Crippen LogP contribution in [0.2, 0.25) is 0 Å². The van der Waals surface area contributed by atoms with E-state index in [-0.39, 0.29) is 12.3 Å². The van der Waals surface area contributed by atoms with Crippen molar-refractivity contribution in [2.24, 2.45) is 5.10 Å². The Morgan fingerprint density at radius 2 is 1.72 bits per heavy atom. The molecule has 6 heteroatoms. The molecule has 6 nitrogen and oxygen atoms in total. The molecule has 0 N–H and O–H groups in total. The van der Waals surface area contributed by atoms with Crippen LogP contribution in [0.25, 0.3) is 0 Å². The molecule has 188 valence electrons. The summed E-state index contributed by atoms with van der Waals surface area (Å²) in [5, 5.41) is 7.16. The van der Waals surface area contributed by atoms with Gasteiger partial charge in [-0.1, -0.05) is 44.4 Å². The second-order valence-electron chi connectivity index (χ2n) is 9.20. The normalized spacial score (nSPS) is 18.1. The lowest BCUT2D eigenvalue weighted by Crippen LogP contribution is -2.33. The average Bonchev–Trinajstić information content (AvgIpc) is 3.38. The molecular formula is C30H34N2O4. The van der Waals surface area contributed by atoms with Gasteiger partial charge in [0.25, 0.3) is 0 Å². The van der Waals surface area contributed by atoms with Gasteiger partial charge in [-0.05, 0) is 55.0 Å². The predicted octanol–water partition coefficient (Wildman–Crippen LogP) is 6.91. The lowest BCUT2D eigenvalue weighted by Gasteiger charge is -2.38. The second-order valence-corrected chi connectivity index (χ2v) is 9.20. The Morgan fingerprint density at radius 1 is 0.917 bits per heavy atom. The quantitative estimate of drug-likeness (QED) is 0.292. The van der Waals surface area contributed by atoms with Crippen LogP contribution in [0.4, 0.5) is 0 Å². The monoisotopic (exact) mass is 486 g/mol. The Labute approximate surface area is 213 Å². The first-order valence-corrected chi connectivity index (χ1v) is 12.8. The molecule has 0 saturated carbocycles. The number of benzene rings is 3. The molecule has 0 saturated heterocycles. The third-order valence-corrected chi connectivity index (χ3v) is 6.85. The van der Waals surface area contributed by atoms with Crippen molar-refractivity contribution in [3.05, 3.63) is 83.4 Å². The molecule has 0 aliphatic carbocycles. The summed E-state index contributed by atoms with van der Waals surface area (Å²) in [5.74, 6) is 3.19. The van der Waals surface area contributed by atoms with Crippen LogP contribution in [0.3, 0.4) is 0 Å². The van der Waals surface area contributed by atoms with Crippen molar-refractivity contribution < 1.29 is 18.9 Å². The Kier molecular flexibility index (Phi) is 7.31. The number of hydrogen-bond donors (Lipinski definition) is 0. The summed E-state index contributed by atoms with van der Waals surface area (Å²) in [7, 11) is 3.30. The molecule has 2 atom stereocenters. The summed E-state index contributed by atoms with van der Waals surface area (Å²) in [6, 6.07) is 22.5. The highest BCUT2D eigenvalue weighted by Gasteiger charge is 2.41. The predicted molar refractivity (Wildman–Crippen MR) is 141 cm³/mol. The van der Waals surface area contributed by atoms with Gasteiger partial charge in [-0.15, -0.1) is 0 Å². The highest BCUT2D eigenvalue weighted by molar-refractivity contribution is 6.02. The van der Waals surface area contributed by atoms with E-state index >= 15 is 0 Å². The van der Waals surface area contributed by atoms with Gasteiger partial charge in [-0.3, -0.25) is 0 Å². The molecule has 0 fully saturated rings. The van der Waals surface area contributed by atoms with E-state index in [2.05, 4.69) is 36.2 Å². The molecule has 2 aliphatic heterocycles. The van der Waals surface area contributed by atoms with E-state index in [0.29, 0.717) is 11.5 Å². The van der Waals surface area contributed by atoms with Crippen molar-refractivity contribution in [2.75, 3.05) is 20.8 Å². The number of hydrazone groups is 1. The molecule has 0 amide bonds. The first-order valence-electron chi connectivity index (χ1n) is 12.8. The summed E-state index contributed by atoms with van der Waals surface area (Å²) in [6.07, 6.45) is 5.24. The maximum atomic E-state index is 6.50. The molecule has 36 heavy (non-hydrogen) atoms. The van der Waals surface area contributed by atoms with Crippen LogP contribution in [0.1, 0.15) is 68.0 Å². The average molecular weight is 487 g/mol. The zero-order valence-electron chi connectivity index (χ0n) is 21.3. The molecule has 0 radical (unpaired) electrons. The third-order valence-electron chi connectivity index (χ3n) is 6.85. The van der Waals surface area contributed by atoms with Crippen molar-refractivity contribution in [3.8, 4) is 23.0 Å². The molecular weight excluding hydrogens is 452 g/mol. The molecule has 0 bridgehead atoms. The minimum absolute atomic E-state index is 0.0949. The van der Waals surface area contributed by atoms with Gasteiger partial charge in [0.1, 0.15) is 11.5 Å². The van der Waals surface area contributed by atoms with Gasteiger partial charge in [0.15, 0.2) is 11.5 Å². The highest BCUT2D eigenvalue weighted by atomic mass is 16.5. The van der Waals surface area contributed by atoms with Gasteiger partial charge >= 0.3 is 0 Å².